The Balaban J connectivity index is 1.60. The first-order valence-electron chi connectivity index (χ1n) is 8.80. The van der Waals surface area contributed by atoms with E-state index in [2.05, 4.69) is 10.4 Å². The number of sulfone groups is 1. The van der Waals surface area contributed by atoms with E-state index in [1.54, 1.807) is 29.0 Å². The zero-order valence-electron chi connectivity index (χ0n) is 14.6. The highest BCUT2D eigenvalue weighted by Gasteiger charge is 2.35. The van der Waals surface area contributed by atoms with Crippen LogP contribution in [0.2, 0.25) is 0 Å². The summed E-state index contributed by atoms with van der Waals surface area (Å²) in [5.74, 6) is -0.0548. The lowest BCUT2D eigenvalue weighted by atomic mass is 10.1. The topological polar surface area (TPSA) is 93.5 Å². The van der Waals surface area contributed by atoms with Gasteiger partial charge in [0.05, 0.1) is 29.8 Å². The molecule has 1 N–H and O–H groups in total. The maximum Gasteiger partial charge on any atom is 0.317 e. The number of carbonyl (C=O) groups is 1. The van der Waals surface area contributed by atoms with Crippen molar-refractivity contribution in [3.05, 3.63) is 18.0 Å². The van der Waals surface area contributed by atoms with Crippen molar-refractivity contribution >= 4 is 15.9 Å². The molecule has 25 heavy (non-hydrogen) atoms. The summed E-state index contributed by atoms with van der Waals surface area (Å²) >= 11 is 0. The van der Waals surface area contributed by atoms with Gasteiger partial charge in [0, 0.05) is 38.5 Å². The summed E-state index contributed by atoms with van der Waals surface area (Å²) in [7, 11) is -1.38. The highest BCUT2D eigenvalue weighted by atomic mass is 32.2. The second kappa shape index (κ2) is 7.74. The molecule has 0 unspecified atom stereocenters. The van der Waals surface area contributed by atoms with Gasteiger partial charge in [-0.3, -0.25) is 4.68 Å². The monoisotopic (exact) mass is 370 g/mol. The molecule has 8 nitrogen and oxygen atoms in total. The molecule has 2 saturated heterocycles. The number of nitrogens with one attached hydrogen (secondary N) is 1. The molecular weight excluding hydrogens is 344 g/mol. The molecule has 0 saturated carbocycles. The van der Waals surface area contributed by atoms with E-state index in [-0.39, 0.29) is 30.2 Å². The zero-order valence-corrected chi connectivity index (χ0v) is 15.4. The third-order valence-corrected chi connectivity index (χ3v) is 6.45. The van der Waals surface area contributed by atoms with Crippen LogP contribution in [0.4, 0.5) is 4.79 Å². The van der Waals surface area contributed by atoms with Gasteiger partial charge in [-0.2, -0.15) is 5.10 Å². The SMILES string of the molecule is Cn1cc([C@@H]2CS(=O)(=O)CCN2C(=O)NCC[C@@H]2CCCCO2)cn1. The number of rotatable bonds is 4. The summed E-state index contributed by atoms with van der Waals surface area (Å²) in [6, 6.07) is -0.710. The molecule has 2 fully saturated rings. The molecule has 2 aliphatic rings. The summed E-state index contributed by atoms with van der Waals surface area (Å²) in [4.78, 5) is 14.2. The van der Waals surface area contributed by atoms with Crippen LogP contribution in [0.3, 0.4) is 0 Å². The zero-order chi connectivity index (χ0) is 17.9. The van der Waals surface area contributed by atoms with Crippen molar-refractivity contribution in [2.45, 2.75) is 37.8 Å². The Kier molecular flexibility index (Phi) is 5.63. The molecule has 1 aromatic rings. The number of hydrogen-bond acceptors (Lipinski definition) is 5. The van der Waals surface area contributed by atoms with E-state index >= 15 is 0 Å². The van der Waals surface area contributed by atoms with Crippen LogP contribution in [0.25, 0.3) is 0 Å². The van der Waals surface area contributed by atoms with Crippen LogP contribution in [0.1, 0.15) is 37.3 Å². The van der Waals surface area contributed by atoms with E-state index in [0.717, 1.165) is 31.4 Å². The number of carbonyl (C=O) groups excluding carboxylic acids is 1. The first-order valence-corrected chi connectivity index (χ1v) is 10.6. The Morgan fingerprint density at radius 3 is 2.96 bits per heavy atom. The van der Waals surface area contributed by atoms with Crippen LogP contribution in [0, 0.1) is 0 Å². The summed E-state index contributed by atoms with van der Waals surface area (Å²) in [6.07, 6.45) is 7.71. The molecule has 2 atom stereocenters. The van der Waals surface area contributed by atoms with Gasteiger partial charge in [-0.1, -0.05) is 0 Å². The Morgan fingerprint density at radius 1 is 1.44 bits per heavy atom. The Hall–Kier alpha value is -1.61. The molecular formula is C16H26N4O4S. The fourth-order valence-electron chi connectivity index (χ4n) is 3.42. The van der Waals surface area contributed by atoms with E-state index < -0.39 is 15.9 Å². The minimum Gasteiger partial charge on any atom is -0.378 e. The number of nitrogens with zero attached hydrogens (tertiary/aromatic N) is 3. The average Bonchev–Trinajstić information content (AvgIpc) is 3.01. The van der Waals surface area contributed by atoms with E-state index in [9.17, 15) is 13.2 Å². The lowest BCUT2D eigenvalue weighted by Gasteiger charge is -2.35. The van der Waals surface area contributed by atoms with E-state index in [1.807, 2.05) is 0 Å². The van der Waals surface area contributed by atoms with Gasteiger partial charge < -0.3 is 15.0 Å². The van der Waals surface area contributed by atoms with Gasteiger partial charge in [-0.15, -0.1) is 0 Å². The van der Waals surface area contributed by atoms with Gasteiger partial charge in [0.25, 0.3) is 0 Å². The van der Waals surface area contributed by atoms with Gasteiger partial charge >= 0.3 is 6.03 Å². The van der Waals surface area contributed by atoms with E-state index in [0.29, 0.717) is 6.54 Å². The third kappa shape index (κ3) is 4.72. The standard InChI is InChI=1S/C16H26N4O4S/c1-19-11-13(10-18-19)15-12-25(22,23)9-7-20(15)16(21)17-6-5-14-4-2-3-8-24-14/h10-11,14-15H,2-9,12H2,1H3,(H,17,21)/t14-,15-/m0/s1. The van der Waals surface area contributed by atoms with Gasteiger partial charge in [-0.05, 0) is 25.7 Å². The molecule has 3 rings (SSSR count). The van der Waals surface area contributed by atoms with E-state index in [1.165, 1.54) is 6.42 Å². The summed E-state index contributed by atoms with van der Waals surface area (Å²) in [6.45, 7) is 1.53. The number of aromatic nitrogens is 2. The van der Waals surface area contributed by atoms with Crippen LogP contribution >= 0.6 is 0 Å². The molecule has 2 amide bonds. The van der Waals surface area contributed by atoms with Gasteiger partial charge in [0.2, 0.25) is 0 Å². The van der Waals surface area contributed by atoms with E-state index in [4.69, 9.17) is 4.74 Å². The lowest BCUT2D eigenvalue weighted by Crippen LogP contribution is -2.50. The Labute approximate surface area is 148 Å². The molecule has 0 bridgehead atoms. The molecule has 0 spiro atoms. The van der Waals surface area contributed by atoms with Crippen molar-refractivity contribution in [1.82, 2.24) is 20.0 Å². The minimum atomic E-state index is -3.15. The number of urea groups is 1. The smallest absolute Gasteiger partial charge is 0.317 e. The fourth-order valence-corrected chi connectivity index (χ4v) is 4.91. The third-order valence-electron chi connectivity index (χ3n) is 4.82. The predicted molar refractivity (Wildman–Crippen MR) is 92.9 cm³/mol. The predicted octanol–water partition coefficient (Wildman–Crippen LogP) is 0.860. The summed E-state index contributed by atoms with van der Waals surface area (Å²) in [5, 5.41) is 7.02. The van der Waals surface area contributed by atoms with Crippen LogP contribution in [-0.2, 0) is 21.6 Å². The lowest BCUT2D eigenvalue weighted by molar-refractivity contribution is 0.0118. The molecule has 1 aromatic heterocycles. The molecule has 2 aliphatic heterocycles. The van der Waals surface area contributed by atoms with Crippen LogP contribution in [0.5, 0.6) is 0 Å². The van der Waals surface area contributed by atoms with Crippen LogP contribution < -0.4 is 5.32 Å². The second-order valence-corrected chi connectivity index (χ2v) is 9.01. The summed E-state index contributed by atoms with van der Waals surface area (Å²) in [5.41, 5.74) is 0.747. The largest absolute Gasteiger partial charge is 0.378 e. The van der Waals surface area contributed by atoms with Crippen LogP contribution in [-0.4, -0.2) is 66.4 Å². The molecule has 0 radical (unpaired) electrons. The fraction of sp³-hybridized carbons (Fsp3) is 0.750. The molecule has 3 heterocycles. The maximum atomic E-state index is 12.6. The normalized spacial score (nSPS) is 26.4. The van der Waals surface area contributed by atoms with Crippen molar-refractivity contribution in [1.29, 1.82) is 0 Å². The van der Waals surface area contributed by atoms with Crippen molar-refractivity contribution < 1.29 is 17.9 Å². The molecule has 0 aromatic carbocycles. The Morgan fingerprint density at radius 2 is 2.28 bits per heavy atom. The molecule has 140 valence electrons. The molecule has 0 aliphatic carbocycles. The van der Waals surface area contributed by atoms with Gasteiger partial charge in [-0.25, -0.2) is 13.2 Å². The highest BCUT2D eigenvalue weighted by Crippen LogP contribution is 2.26. The van der Waals surface area contributed by atoms with Crippen molar-refractivity contribution in [3.63, 3.8) is 0 Å². The van der Waals surface area contributed by atoms with Gasteiger partial charge in [0.15, 0.2) is 9.84 Å². The highest BCUT2D eigenvalue weighted by molar-refractivity contribution is 7.91. The number of amides is 2. The van der Waals surface area contributed by atoms with Crippen LogP contribution in [0.15, 0.2) is 12.4 Å². The average molecular weight is 370 g/mol. The quantitative estimate of drug-likeness (QED) is 0.848. The maximum absolute atomic E-state index is 12.6. The minimum absolute atomic E-state index is 0.00290. The first-order chi connectivity index (χ1) is 11.9. The number of aryl methyl sites for hydroxylation is 1. The van der Waals surface area contributed by atoms with Crippen molar-refractivity contribution in [2.75, 3.05) is 31.2 Å². The summed E-state index contributed by atoms with van der Waals surface area (Å²) < 4.78 is 31.3. The van der Waals surface area contributed by atoms with Crippen molar-refractivity contribution in [2.24, 2.45) is 7.05 Å². The Bertz CT molecular complexity index is 697. The second-order valence-electron chi connectivity index (χ2n) is 6.78. The number of ether oxygens (including phenoxy) is 1. The molecule has 9 heteroatoms. The first kappa shape index (κ1) is 18.2. The van der Waals surface area contributed by atoms with Gasteiger partial charge in [0.1, 0.15) is 0 Å². The van der Waals surface area contributed by atoms with Crippen molar-refractivity contribution in [3.8, 4) is 0 Å². The number of hydrogen-bond donors (Lipinski definition) is 1.